The lowest BCUT2D eigenvalue weighted by atomic mass is 10.3. The molecule has 6 heteroatoms. The van der Waals surface area contributed by atoms with Gasteiger partial charge in [0.25, 0.3) is 5.56 Å². The average molecular weight is 373 g/mol. The molecule has 0 atom stereocenters. The normalized spacial score (nSPS) is 10.3. The molecule has 18 heavy (non-hydrogen) atoms. The predicted octanol–water partition coefficient (Wildman–Crippen LogP) is 2.88. The second-order valence-corrected chi connectivity index (χ2v) is 5.44. The molecule has 1 aromatic carbocycles. The molecule has 0 aliphatic heterocycles. The van der Waals surface area contributed by atoms with Crippen molar-refractivity contribution in [3.63, 3.8) is 0 Å². The molecular formula is C12H11Br2N3O. The highest BCUT2D eigenvalue weighted by Crippen LogP contribution is 2.13. The topological polar surface area (TPSA) is 46.9 Å². The van der Waals surface area contributed by atoms with Crippen LogP contribution in [0.1, 0.15) is 0 Å². The van der Waals surface area contributed by atoms with Crippen molar-refractivity contribution in [3.8, 4) is 0 Å². The zero-order chi connectivity index (χ0) is 13.0. The lowest BCUT2D eigenvalue weighted by molar-refractivity contribution is 0.676. The lowest BCUT2D eigenvalue weighted by Crippen LogP contribution is -2.24. The quantitative estimate of drug-likeness (QED) is 0.897. The maximum atomic E-state index is 11.7. The molecule has 2 rings (SSSR count). The van der Waals surface area contributed by atoms with E-state index in [9.17, 15) is 4.79 Å². The van der Waals surface area contributed by atoms with Crippen molar-refractivity contribution in [1.82, 2.24) is 9.55 Å². The number of hydrogen-bond acceptors (Lipinski definition) is 3. The minimum absolute atomic E-state index is 0.0670. The summed E-state index contributed by atoms with van der Waals surface area (Å²) in [5.41, 5.74) is 0.955. The Morgan fingerprint density at radius 3 is 2.67 bits per heavy atom. The minimum atomic E-state index is -0.0670. The summed E-state index contributed by atoms with van der Waals surface area (Å²) in [5.74, 6) is 0. The molecule has 0 bridgehead atoms. The second-order valence-electron chi connectivity index (χ2n) is 3.67. The summed E-state index contributed by atoms with van der Waals surface area (Å²) in [4.78, 5) is 15.7. The summed E-state index contributed by atoms with van der Waals surface area (Å²) in [6, 6.07) is 7.89. The van der Waals surface area contributed by atoms with Crippen LogP contribution in [-0.4, -0.2) is 16.1 Å². The van der Waals surface area contributed by atoms with E-state index in [2.05, 4.69) is 42.2 Å². The molecule has 0 unspecified atom stereocenters. The number of halogens is 2. The van der Waals surface area contributed by atoms with Crippen LogP contribution in [0, 0.1) is 0 Å². The van der Waals surface area contributed by atoms with Crippen LogP contribution < -0.4 is 10.9 Å². The van der Waals surface area contributed by atoms with E-state index in [-0.39, 0.29) is 5.56 Å². The van der Waals surface area contributed by atoms with Crippen LogP contribution in [0.25, 0.3) is 0 Å². The molecule has 0 saturated carbocycles. The number of anilines is 1. The van der Waals surface area contributed by atoms with Crippen LogP contribution in [0.4, 0.5) is 5.69 Å². The van der Waals surface area contributed by atoms with Gasteiger partial charge in [-0.3, -0.25) is 9.36 Å². The van der Waals surface area contributed by atoms with Crippen LogP contribution in [0.3, 0.4) is 0 Å². The zero-order valence-corrected chi connectivity index (χ0v) is 12.6. The molecular weight excluding hydrogens is 362 g/mol. The van der Waals surface area contributed by atoms with Gasteiger partial charge in [-0.2, -0.15) is 0 Å². The number of aromatic nitrogens is 2. The van der Waals surface area contributed by atoms with E-state index in [0.717, 1.165) is 10.2 Å². The highest BCUT2D eigenvalue weighted by molar-refractivity contribution is 9.10. The fourth-order valence-corrected chi connectivity index (χ4v) is 2.08. The van der Waals surface area contributed by atoms with Gasteiger partial charge in [-0.1, -0.05) is 15.9 Å². The van der Waals surface area contributed by atoms with Gasteiger partial charge >= 0.3 is 0 Å². The molecule has 1 N–H and O–H groups in total. The van der Waals surface area contributed by atoms with Gasteiger partial charge in [-0.25, -0.2) is 4.98 Å². The van der Waals surface area contributed by atoms with E-state index in [1.54, 1.807) is 4.57 Å². The third-order valence-corrected chi connectivity index (χ3v) is 3.46. The zero-order valence-electron chi connectivity index (χ0n) is 9.44. The number of hydrogen-bond donors (Lipinski definition) is 1. The van der Waals surface area contributed by atoms with Crippen molar-refractivity contribution >= 4 is 37.5 Å². The molecule has 4 nitrogen and oxygen atoms in total. The first kappa shape index (κ1) is 13.3. The monoisotopic (exact) mass is 371 g/mol. The summed E-state index contributed by atoms with van der Waals surface area (Å²) in [7, 11) is 0. The standard InChI is InChI=1S/C12H11Br2N3O/c13-9-1-3-10(4-2-9)16-5-6-17-8-15-7-11(14)12(17)18/h1-4,7-8,16H,5-6H2. The molecule has 1 aromatic heterocycles. The van der Waals surface area contributed by atoms with Crippen molar-refractivity contribution in [2.75, 3.05) is 11.9 Å². The first-order valence-electron chi connectivity index (χ1n) is 5.36. The van der Waals surface area contributed by atoms with Crippen LogP contribution in [-0.2, 0) is 6.54 Å². The maximum Gasteiger partial charge on any atom is 0.267 e. The van der Waals surface area contributed by atoms with Gasteiger partial charge in [0.15, 0.2) is 0 Å². The third kappa shape index (κ3) is 3.43. The first-order chi connectivity index (χ1) is 8.66. The molecule has 0 fully saturated rings. The smallest absolute Gasteiger partial charge is 0.267 e. The molecule has 0 radical (unpaired) electrons. The molecule has 0 saturated heterocycles. The number of nitrogens with zero attached hydrogens (tertiary/aromatic N) is 2. The summed E-state index contributed by atoms with van der Waals surface area (Å²) >= 11 is 6.55. The minimum Gasteiger partial charge on any atom is -0.383 e. The Bertz CT molecular complexity index is 581. The highest BCUT2D eigenvalue weighted by Gasteiger charge is 2.00. The van der Waals surface area contributed by atoms with E-state index in [1.807, 2.05) is 24.3 Å². The third-order valence-electron chi connectivity index (χ3n) is 2.39. The fraction of sp³-hybridized carbons (Fsp3) is 0.167. The summed E-state index contributed by atoms with van der Waals surface area (Å²) in [6.45, 7) is 1.24. The number of benzene rings is 1. The van der Waals surface area contributed by atoms with Crippen molar-refractivity contribution in [2.45, 2.75) is 6.54 Å². The second kappa shape index (κ2) is 6.15. The van der Waals surface area contributed by atoms with E-state index < -0.39 is 0 Å². The molecule has 2 aromatic rings. The number of rotatable bonds is 4. The van der Waals surface area contributed by atoms with Crippen LogP contribution >= 0.6 is 31.9 Å². The average Bonchev–Trinajstić information content (AvgIpc) is 2.37. The van der Waals surface area contributed by atoms with E-state index >= 15 is 0 Å². The van der Waals surface area contributed by atoms with E-state index in [4.69, 9.17) is 0 Å². The molecule has 0 amide bonds. The van der Waals surface area contributed by atoms with Gasteiger partial charge in [0.05, 0.1) is 6.33 Å². The fourth-order valence-electron chi connectivity index (χ4n) is 1.47. The molecule has 0 spiro atoms. The molecule has 94 valence electrons. The highest BCUT2D eigenvalue weighted by atomic mass is 79.9. The Labute approximate surface area is 121 Å². The van der Waals surface area contributed by atoms with Crippen molar-refractivity contribution in [2.24, 2.45) is 0 Å². The number of nitrogens with one attached hydrogen (secondary N) is 1. The predicted molar refractivity (Wildman–Crippen MR) is 78.8 cm³/mol. The van der Waals surface area contributed by atoms with Gasteiger partial charge in [-0.15, -0.1) is 0 Å². The van der Waals surface area contributed by atoms with Crippen LogP contribution in [0.5, 0.6) is 0 Å². The summed E-state index contributed by atoms with van der Waals surface area (Å²) in [5, 5.41) is 3.24. The Balaban J connectivity index is 1.94. The van der Waals surface area contributed by atoms with E-state index in [1.165, 1.54) is 12.5 Å². The largest absolute Gasteiger partial charge is 0.383 e. The van der Waals surface area contributed by atoms with Gasteiger partial charge in [0.1, 0.15) is 4.47 Å². The van der Waals surface area contributed by atoms with Crippen molar-refractivity contribution in [3.05, 3.63) is 56.1 Å². The Hall–Kier alpha value is -1.14. The Morgan fingerprint density at radius 2 is 1.94 bits per heavy atom. The first-order valence-corrected chi connectivity index (χ1v) is 6.95. The Morgan fingerprint density at radius 1 is 1.22 bits per heavy atom. The summed E-state index contributed by atoms with van der Waals surface area (Å²) < 4.78 is 3.09. The SMILES string of the molecule is O=c1c(Br)cncn1CCNc1ccc(Br)cc1. The molecule has 1 heterocycles. The lowest BCUT2D eigenvalue weighted by Gasteiger charge is -2.08. The molecule has 0 aliphatic rings. The Kier molecular flexibility index (Phi) is 4.54. The van der Waals surface area contributed by atoms with Crippen molar-refractivity contribution < 1.29 is 0 Å². The molecule has 0 aliphatic carbocycles. The van der Waals surface area contributed by atoms with E-state index in [0.29, 0.717) is 17.6 Å². The van der Waals surface area contributed by atoms with Gasteiger partial charge in [0, 0.05) is 29.4 Å². The maximum absolute atomic E-state index is 11.7. The summed E-state index contributed by atoms with van der Waals surface area (Å²) in [6.07, 6.45) is 3.04. The van der Waals surface area contributed by atoms with Crippen LogP contribution in [0.15, 0.2) is 50.5 Å². The van der Waals surface area contributed by atoms with Crippen LogP contribution in [0.2, 0.25) is 0 Å². The van der Waals surface area contributed by atoms with Gasteiger partial charge in [0.2, 0.25) is 0 Å². The van der Waals surface area contributed by atoms with Gasteiger partial charge in [-0.05, 0) is 40.2 Å². The van der Waals surface area contributed by atoms with Gasteiger partial charge < -0.3 is 5.32 Å². The van der Waals surface area contributed by atoms with Crippen molar-refractivity contribution in [1.29, 1.82) is 0 Å².